The third-order valence-corrected chi connectivity index (χ3v) is 4.42. The first-order valence-corrected chi connectivity index (χ1v) is 10.0. The van der Waals surface area contributed by atoms with Crippen LogP contribution in [0.15, 0.2) is 60.7 Å². The Balaban J connectivity index is 1.70. The van der Waals surface area contributed by atoms with E-state index in [2.05, 4.69) is 41.9 Å². The summed E-state index contributed by atoms with van der Waals surface area (Å²) >= 11 is 6.54. The van der Waals surface area contributed by atoms with Crippen LogP contribution in [0.25, 0.3) is 0 Å². The lowest BCUT2D eigenvalue weighted by Gasteiger charge is -2.06. The average molecular weight is 509 g/mol. The van der Waals surface area contributed by atoms with Crippen molar-refractivity contribution in [3.05, 3.63) is 83.4 Å². The van der Waals surface area contributed by atoms with E-state index in [1.54, 1.807) is 0 Å². The summed E-state index contributed by atoms with van der Waals surface area (Å²) in [5.74, 6) is -0.795. The Morgan fingerprint density at radius 1 is 0.893 bits per heavy atom. The molecule has 0 unspecified atom stereocenters. The summed E-state index contributed by atoms with van der Waals surface area (Å²) in [6, 6.07) is 18.4. The molecule has 0 spiro atoms. The Labute approximate surface area is 177 Å². The van der Waals surface area contributed by atoms with E-state index in [0.29, 0.717) is 0 Å². The van der Waals surface area contributed by atoms with E-state index in [4.69, 9.17) is 9.47 Å². The number of esters is 1. The van der Waals surface area contributed by atoms with Crippen LogP contribution in [0.3, 0.4) is 0 Å². The topological polar surface area (TPSA) is 83.3 Å². The lowest BCUT2D eigenvalue weighted by atomic mass is 10.2. The molecule has 0 saturated carbocycles. The van der Waals surface area contributed by atoms with Gasteiger partial charge in [0.15, 0.2) is 5.82 Å². The Morgan fingerprint density at radius 3 is 1.96 bits per heavy atom. The molecular weight excluding hydrogens is 494 g/mol. The molecule has 7 nitrogen and oxygen atoms in total. The second kappa shape index (κ2) is 9.61. The molecule has 1 aromatic heterocycles. The predicted molar refractivity (Wildman–Crippen MR) is 108 cm³/mol. The van der Waals surface area contributed by atoms with Gasteiger partial charge in [-0.1, -0.05) is 92.5 Å². The molecular formula is C19H15Br2N3O4. The van der Waals surface area contributed by atoms with Gasteiger partial charge in [-0.3, -0.25) is 0 Å². The molecule has 144 valence electrons. The van der Waals surface area contributed by atoms with Gasteiger partial charge in [0.2, 0.25) is 0 Å². The fraction of sp³-hybridized carbons (Fsp3) is 0.158. The van der Waals surface area contributed by atoms with Crippen LogP contribution >= 0.6 is 31.9 Å². The van der Waals surface area contributed by atoms with Gasteiger partial charge in [-0.05, 0) is 11.1 Å². The summed E-state index contributed by atoms with van der Waals surface area (Å²) in [6.07, 6.45) is -0.752. The van der Waals surface area contributed by atoms with Crippen molar-refractivity contribution in [3.8, 4) is 0 Å². The molecule has 0 amide bonds. The third-order valence-electron chi connectivity index (χ3n) is 3.60. The van der Waals surface area contributed by atoms with Crippen LogP contribution in [0.4, 0.5) is 4.79 Å². The van der Waals surface area contributed by atoms with Crippen molar-refractivity contribution < 1.29 is 19.1 Å². The van der Waals surface area contributed by atoms with Gasteiger partial charge in [0.05, 0.1) is 0 Å². The van der Waals surface area contributed by atoms with Crippen LogP contribution in [-0.4, -0.2) is 26.8 Å². The van der Waals surface area contributed by atoms with Gasteiger partial charge in [0.1, 0.15) is 17.0 Å². The third kappa shape index (κ3) is 5.26. The first-order chi connectivity index (χ1) is 13.5. The summed E-state index contributed by atoms with van der Waals surface area (Å²) in [4.78, 5) is 28.7. The number of ether oxygens (including phenoxy) is 2. The minimum atomic E-state index is -0.752. The van der Waals surface area contributed by atoms with Crippen LogP contribution in [0.5, 0.6) is 0 Å². The number of aromatic nitrogens is 3. The lowest BCUT2D eigenvalue weighted by molar-refractivity contribution is 0.0458. The number of benzene rings is 2. The fourth-order valence-corrected chi connectivity index (χ4v) is 2.85. The highest BCUT2D eigenvalue weighted by Gasteiger charge is 2.25. The van der Waals surface area contributed by atoms with Gasteiger partial charge in [0, 0.05) is 0 Å². The van der Waals surface area contributed by atoms with Gasteiger partial charge in [-0.2, -0.15) is 0 Å². The zero-order valence-corrected chi connectivity index (χ0v) is 17.7. The first-order valence-electron chi connectivity index (χ1n) is 8.22. The lowest BCUT2D eigenvalue weighted by Crippen LogP contribution is -2.18. The van der Waals surface area contributed by atoms with Gasteiger partial charge in [-0.25, -0.2) is 14.6 Å². The molecule has 0 aliphatic rings. The average Bonchev–Trinajstić information content (AvgIpc) is 3.18. The molecule has 3 aromatic rings. The molecule has 28 heavy (non-hydrogen) atoms. The highest BCUT2D eigenvalue weighted by Crippen LogP contribution is 2.28. The molecule has 3 rings (SSSR count). The minimum Gasteiger partial charge on any atom is -0.455 e. The summed E-state index contributed by atoms with van der Waals surface area (Å²) in [5, 5.41) is 3.95. The van der Waals surface area contributed by atoms with Crippen molar-refractivity contribution >= 4 is 43.9 Å². The van der Waals surface area contributed by atoms with Crippen molar-refractivity contribution in [1.82, 2.24) is 14.8 Å². The maximum Gasteiger partial charge on any atom is 0.436 e. The Kier molecular flexibility index (Phi) is 6.94. The first kappa shape index (κ1) is 20.2. The van der Waals surface area contributed by atoms with Crippen molar-refractivity contribution in [2.75, 3.05) is 0 Å². The van der Waals surface area contributed by atoms with E-state index in [0.717, 1.165) is 15.8 Å². The van der Waals surface area contributed by atoms with Gasteiger partial charge in [-0.15, -0.1) is 9.78 Å². The smallest absolute Gasteiger partial charge is 0.436 e. The Hall–Kier alpha value is -2.52. The molecule has 1 heterocycles. The van der Waals surface area contributed by atoms with E-state index in [-0.39, 0.29) is 24.9 Å². The van der Waals surface area contributed by atoms with Crippen LogP contribution in [0, 0.1) is 0 Å². The molecule has 0 aliphatic carbocycles. The van der Waals surface area contributed by atoms with Crippen LogP contribution in [0.2, 0.25) is 0 Å². The van der Waals surface area contributed by atoms with Gasteiger partial charge >= 0.3 is 12.1 Å². The summed E-state index contributed by atoms with van der Waals surface area (Å²) in [6.45, 7) is 0.149. The Bertz CT molecular complexity index is 946. The maximum absolute atomic E-state index is 12.4. The van der Waals surface area contributed by atoms with Crippen LogP contribution in [0.1, 0.15) is 31.3 Å². The number of alkyl halides is 2. The second-order valence-electron chi connectivity index (χ2n) is 5.61. The fourth-order valence-electron chi connectivity index (χ4n) is 2.25. The molecule has 0 radical (unpaired) electrons. The number of carbonyl (C=O) groups excluding carboxylic acids is 2. The Morgan fingerprint density at radius 2 is 1.43 bits per heavy atom. The van der Waals surface area contributed by atoms with E-state index in [1.165, 1.54) is 0 Å². The molecule has 0 saturated heterocycles. The zero-order chi connectivity index (χ0) is 19.9. The van der Waals surface area contributed by atoms with Gasteiger partial charge < -0.3 is 9.47 Å². The number of rotatable bonds is 6. The molecule has 0 fully saturated rings. The number of carbonyl (C=O) groups is 2. The van der Waals surface area contributed by atoms with E-state index in [9.17, 15) is 9.59 Å². The normalized spacial score (nSPS) is 10.7. The highest BCUT2D eigenvalue weighted by atomic mass is 79.9. The number of halogens is 2. The van der Waals surface area contributed by atoms with Crippen LogP contribution < -0.4 is 0 Å². The van der Waals surface area contributed by atoms with Crippen molar-refractivity contribution in [2.45, 2.75) is 17.0 Å². The minimum absolute atomic E-state index is 0.0714. The summed E-state index contributed by atoms with van der Waals surface area (Å²) < 4.78 is 10.9. The molecule has 0 N–H and O–H groups in total. The highest BCUT2D eigenvalue weighted by molar-refractivity contribution is 9.24. The second-order valence-corrected chi connectivity index (χ2v) is 8.67. The SMILES string of the molecule is O=C(OCc1ccccc1)c1nc(C(Br)Br)n(C(=O)OCc2ccccc2)n1. The number of hydrogen-bond acceptors (Lipinski definition) is 6. The van der Waals surface area contributed by atoms with Gasteiger partial charge in [0.25, 0.3) is 5.82 Å². The van der Waals surface area contributed by atoms with E-state index < -0.39 is 15.8 Å². The molecule has 9 heteroatoms. The van der Waals surface area contributed by atoms with E-state index in [1.807, 2.05) is 60.7 Å². The molecule has 0 bridgehead atoms. The molecule has 0 atom stereocenters. The van der Waals surface area contributed by atoms with Crippen LogP contribution in [-0.2, 0) is 22.7 Å². The quantitative estimate of drug-likeness (QED) is 0.357. The standard InChI is InChI=1S/C19H15Br2N3O4/c20-15(21)17-22-16(18(25)27-11-13-7-3-1-4-8-13)23-24(17)19(26)28-12-14-9-5-2-6-10-14/h1-10,15H,11-12H2. The predicted octanol–water partition coefficient (Wildman–Crippen LogP) is 4.61. The van der Waals surface area contributed by atoms with Crippen molar-refractivity contribution in [1.29, 1.82) is 0 Å². The molecule has 0 aliphatic heterocycles. The van der Waals surface area contributed by atoms with Crippen molar-refractivity contribution in [3.63, 3.8) is 0 Å². The van der Waals surface area contributed by atoms with E-state index >= 15 is 0 Å². The summed E-state index contributed by atoms with van der Waals surface area (Å²) in [7, 11) is 0. The zero-order valence-electron chi connectivity index (χ0n) is 14.5. The number of nitrogens with zero attached hydrogens (tertiary/aromatic N) is 3. The van der Waals surface area contributed by atoms with Crippen molar-refractivity contribution in [2.24, 2.45) is 0 Å². The monoisotopic (exact) mass is 507 g/mol. The maximum atomic E-state index is 12.4. The number of hydrogen-bond donors (Lipinski definition) is 0. The largest absolute Gasteiger partial charge is 0.455 e. The summed E-state index contributed by atoms with van der Waals surface area (Å²) in [5.41, 5.74) is 1.66. The molecule has 2 aromatic carbocycles.